The highest BCUT2D eigenvalue weighted by molar-refractivity contribution is 5.85. The fourth-order valence-electron chi connectivity index (χ4n) is 1.08. The molecule has 1 aromatic carbocycles. The quantitative estimate of drug-likeness (QED) is 0.805. The molecular weight excluding hydrogens is 245 g/mol. The van der Waals surface area contributed by atoms with Crippen LogP contribution < -0.4 is 5.73 Å². The third-order valence-corrected chi connectivity index (χ3v) is 1.88. The van der Waals surface area contributed by atoms with Crippen molar-refractivity contribution in [3.8, 4) is 11.8 Å². The predicted molar refractivity (Wildman–Crippen MR) is 53.1 cm³/mol. The van der Waals surface area contributed by atoms with Gasteiger partial charge in [0, 0.05) is 5.56 Å². The number of benzene rings is 1. The van der Waals surface area contributed by atoms with Crippen LogP contribution in [0.15, 0.2) is 18.2 Å². The first-order valence-electron chi connectivity index (χ1n) is 3.92. The SMILES string of the molecule is Cl.N#Cc1cccc([C@@H](N)C(F)(F)F)c1O. The zero-order valence-corrected chi connectivity index (χ0v) is 8.64. The number of nitrogens with two attached hydrogens (primary N) is 1. The summed E-state index contributed by atoms with van der Waals surface area (Å²) in [5.74, 6) is -0.718. The summed E-state index contributed by atoms with van der Waals surface area (Å²) in [7, 11) is 0. The second-order valence-electron chi connectivity index (χ2n) is 2.87. The van der Waals surface area contributed by atoms with E-state index in [1.165, 1.54) is 12.1 Å². The highest BCUT2D eigenvalue weighted by Crippen LogP contribution is 2.36. The van der Waals surface area contributed by atoms with E-state index < -0.39 is 23.5 Å². The number of rotatable bonds is 1. The van der Waals surface area contributed by atoms with Crippen molar-refractivity contribution < 1.29 is 18.3 Å². The van der Waals surface area contributed by atoms with E-state index in [1.54, 1.807) is 6.07 Å². The molecular formula is C9H8ClF3N2O. The predicted octanol–water partition coefficient (Wildman–Crippen LogP) is 2.25. The number of halogens is 4. The average molecular weight is 253 g/mol. The van der Waals surface area contributed by atoms with E-state index in [2.05, 4.69) is 0 Å². The summed E-state index contributed by atoms with van der Waals surface area (Å²) in [6.07, 6.45) is -4.65. The van der Waals surface area contributed by atoms with Crippen LogP contribution in [0.4, 0.5) is 13.2 Å². The summed E-state index contributed by atoms with van der Waals surface area (Å²) in [5, 5.41) is 17.8. The number of alkyl halides is 3. The molecule has 16 heavy (non-hydrogen) atoms. The molecule has 3 N–H and O–H groups in total. The van der Waals surface area contributed by atoms with Crippen molar-refractivity contribution in [3.05, 3.63) is 29.3 Å². The van der Waals surface area contributed by atoms with Gasteiger partial charge in [0.2, 0.25) is 0 Å². The molecule has 0 aliphatic carbocycles. The Kier molecular flexibility index (Phi) is 4.60. The topological polar surface area (TPSA) is 70.0 Å². The molecule has 7 heteroatoms. The summed E-state index contributed by atoms with van der Waals surface area (Å²) in [6, 6.07) is 2.76. The summed E-state index contributed by atoms with van der Waals surface area (Å²) in [4.78, 5) is 0. The third-order valence-electron chi connectivity index (χ3n) is 1.88. The number of hydrogen-bond acceptors (Lipinski definition) is 3. The number of para-hydroxylation sites is 1. The van der Waals surface area contributed by atoms with E-state index in [0.29, 0.717) is 0 Å². The molecule has 1 aromatic rings. The van der Waals surface area contributed by atoms with Crippen LogP contribution in [-0.2, 0) is 0 Å². The highest BCUT2D eigenvalue weighted by Gasteiger charge is 2.39. The Morgan fingerprint density at radius 2 is 1.94 bits per heavy atom. The Balaban J connectivity index is 0.00000225. The van der Waals surface area contributed by atoms with Crippen molar-refractivity contribution in [1.82, 2.24) is 0 Å². The minimum atomic E-state index is -4.65. The lowest BCUT2D eigenvalue weighted by molar-refractivity contribution is -0.149. The Labute approximate surface area is 95.7 Å². The van der Waals surface area contributed by atoms with Gasteiger partial charge in [-0.15, -0.1) is 12.4 Å². The van der Waals surface area contributed by atoms with Crippen LogP contribution >= 0.6 is 12.4 Å². The Morgan fingerprint density at radius 1 is 1.38 bits per heavy atom. The minimum absolute atomic E-state index is 0. The van der Waals surface area contributed by atoms with Crippen LogP contribution in [0.2, 0.25) is 0 Å². The van der Waals surface area contributed by atoms with Gasteiger partial charge in [-0.3, -0.25) is 0 Å². The second kappa shape index (κ2) is 5.05. The Bertz CT molecular complexity index is 414. The molecule has 0 saturated carbocycles. The van der Waals surface area contributed by atoms with Gasteiger partial charge in [0.15, 0.2) is 0 Å². The molecule has 0 spiro atoms. The smallest absolute Gasteiger partial charge is 0.407 e. The number of phenolic OH excluding ortho intramolecular Hbond substituents is 1. The number of phenols is 1. The fraction of sp³-hybridized carbons (Fsp3) is 0.222. The van der Waals surface area contributed by atoms with E-state index in [1.807, 2.05) is 0 Å². The fourth-order valence-corrected chi connectivity index (χ4v) is 1.08. The van der Waals surface area contributed by atoms with E-state index in [4.69, 9.17) is 11.0 Å². The highest BCUT2D eigenvalue weighted by atomic mass is 35.5. The summed E-state index contributed by atoms with van der Waals surface area (Å²) >= 11 is 0. The van der Waals surface area contributed by atoms with Crippen LogP contribution in [0.25, 0.3) is 0 Å². The average Bonchev–Trinajstić information content (AvgIpc) is 2.16. The first-order valence-corrected chi connectivity index (χ1v) is 3.92. The molecule has 0 radical (unpaired) electrons. The van der Waals surface area contributed by atoms with E-state index in [-0.39, 0.29) is 18.0 Å². The van der Waals surface area contributed by atoms with Crippen LogP contribution in [0.1, 0.15) is 17.2 Å². The van der Waals surface area contributed by atoms with Crippen molar-refractivity contribution in [3.63, 3.8) is 0 Å². The molecule has 0 bridgehead atoms. The molecule has 3 nitrogen and oxygen atoms in total. The maximum atomic E-state index is 12.2. The van der Waals surface area contributed by atoms with Gasteiger partial charge < -0.3 is 10.8 Å². The summed E-state index contributed by atoms with van der Waals surface area (Å²) < 4.78 is 36.7. The number of nitriles is 1. The van der Waals surface area contributed by atoms with Gasteiger partial charge >= 0.3 is 6.18 Å². The van der Waals surface area contributed by atoms with Gasteiger partial charge in [-0.05, 0) is 6.07 Å². The molecule has 0 aliphatic rings. The maximum absolute atomic E-state index is 12.2. The van der Waals surface area contributed by atoms with Gasteiger partial charge in [-0.1, -0.05) is 12.1 Å². The van der Waals surface area contributed by atoms with Crippen LogP contribution in [0.5, 0.6) is 5.75 Å². The van der Waals surface area contributed by atoms with Gasteiger partial charge in [-0.25, -0.2) is 0 Å². The van der Waals surface area contributed by atoms with Crippen molar-refractivity contribution in [1.29, 1.82) is 5.26 Å². The zero-order valence-electron chi connectivity index (χ0n) is 7.82. The Hall–Kier alpha value is -1.45. The maximum Gasteiger partial charge on any atom is 0.407 e. The van der Waals surface area contributed by atoms with Crippen molar-refractivity contribution in [2.45, 2.75) is 12.2 Å². The lowest BCUT2D eigenvalue weighted by Crippen LogP contribution is -2.28. The van der Waals surface area contributed by atoms with Gasteiger partial charge in [0.1, 0.15) is 17.9 Å². The molecule has 0 aliphatic heterocycles. The summed E-state index contributed by atoms with van der Waals surface area (Å²) in [6.45, 7) is 0. The van der Waals surface area contributed by atoms with Crippen LogP contribution in [-0.4, -0.2) is 11.3 Å². The minimum Gasteiger partial charge on any atom is -0.506 e. The molecule has 0 heterocycles. The van der Waals surface area contributed by atoms with E-state index >= 15 is 0 Å². The largest absolute Gasteiger partial charge is 0.506 e. The van der Waals surface area contributed by atoms with Gasteiger partial charge in [0.25, 0.3) is 0 Å². The van der Waals surface area contributed by atoms with Crippen molar-refractivity contribution >= 4 is 12.4 Å². The lowest BCUT2D eigenvalue weighted by atomic mass is 10.0. The number of hydrogen-bond donors (Lipinski definition) is 2. The van der Waals surface area contributed by atoms with Crippen LogP contribution in [0, 0.1) is 11.3 Å². The standard InChI is InChI=1S/C9H7F3N2O.ClH/c10-9(11,12)8(14)6-3-1-2-5(4-13)7(6)15;/h1-3,8,15H,14H2;1H/t8-;/m1./s1. The van der Waals surface area contributed by atoms with Crippen molar-refractivity contribution in [2.75, 3.05) is 0 Å². The molecule has 0 aromatic heterocycles. The monoisotopic (exact) mass is 252 g/mol. The molecule has 88 valence electrons. The van der Waals surface area contributed by atoms with E-state index in [0.717, 1.165) is 6.07 Å². The second-order valence-corrected chi connectivity index (χ2v) is 2.87. The van der Waals surface area contributed by atoms with Crippen LogP contribution in [0.3, 0.4) is 0 Å². The van der Waals surface area contributed by atoms with E-state index in [9.17, 15) is 18.3 Å². The summed E-state index contributed by atoms with van der Waals surface area (Å²) in [5.41, 5.74) is 4.17. The zero-order chi connectivity index (χ0) is 11.6. The number of nitrogens with zero attached hydrogens (tertiary/aromatic N) is 1. The number of aromatic hydroxyl groups is 1. The van der Waals surface area contributed by atoms with Crippen molar-refractivity contribution in [2.24, 2.45) is 5.73 Å². The molecule has 0 amide bonds. The normalized spacial score (nSPS) is 12.4. The Morgan fingerprint density at radius 3 is 2.38 bits per heavy atom. The first kappa shape index (κ1) is 14.6. The molecule has 1 atom stereocenters. The van der Waals surface area contributed by atoms with Gasteiger partial charge in [0.05, 0.1) is 5.56 Å². The first-order chi connectivity index (χ1) is 6.88. The molecule has 0 fully saturated rings. The molecule has 1 rings (SSSR count). The molecule has 0 unspecified atom stereocenters. The lowest BCUT2D eigenvalue weighted by Gasteiger charge is -2.17. The molecule has 0 saturated heterocycles. The van der Waals surface area contributed by atoms with Gasteiger partial charge in [-0.2, -0.15) is 18.4 Å². The third kappa shape index (κ3) is 2.78.